The van der Waals surface area contributed by atoms with Crippen molar-refractivity contribution < 1.29 is 8.42 Å². The molecule has 3 aromatic rings. The van der Waals surface area contributed by atoms with E-state index in [-0.39, 0.29) is 4.90 Å². The minimum atomic E-state index is -3.63. The quantitative estimate of drug-likeness (QED) is 0.553. The van der Waals surface area contributed by atoms with Crippen LogP contribution in [-0.4, -0.2) is 31.5 Å². The molecule has 158 valence electrons. The lowest BCUT2D eigenvalue weighted by Gasteiger charge is -2.20. The van der Waals surface area contributed by atoms with Crippen molar-refractivity contribution in [1.29, 1.82) is 0 Å². The molecule has 0 saturated heterocycles. The summed E-state index contributed by atoms with van der Waals surface area (Å²) in [5, 5.41) is 3.19. The molecule has 2 aromatic carbocycles. The van der Waals surface area contributed by atoms with Crippen molar-refractivity contribution in [3.63, 3.8) is 0 Å². The predicted molar refractivity (Wildman–Crippen MR) is 122 cm³/mol. The molecule has 0 fully saturated rings. The number of anilines is 4. The van der Waals surface area contributed by atoms with Crippen LogP contribution in [-0.2, 0) is 10.0 Å². The third kappa shape index (κ3) is 5.27. The van der Waals surface area contributed by atoms with Gasteiger partial charge in [-0.25, -0.2) is 13.4 Å². The molecule has 0 radical (unpaired) electrons. The van der Waals surface area contributed by atoms with Gasteiger partial charge in [0.2, 0.25) is 5.95 Å². The zero-order chi connectivity index (χ0) is 21.7. The maximum absolute atomic E-state index is 12.5. The lowest BCUT2D eigenvalue weighted by atomic mass is 10.2. The minimum absolute atomic E-state index is 0.229. The van der Waals surface area contributed by atoms with E-state index in [2.05, 4.69) is 38.8 Å². The summed E-state index contributed by atoms with van der Waals surface area (Å²) in [6.07, 6.45) is 0. The maximum Gasteiger partial charge on any atom is 0.261 e. The number of nitrogens with zero attached hydrogens (tertiary/aromatic N) is 3. The van der Waals surface area contributed by atoms with Gasteiger partial charge in [0.1, 0.15) is 5.82 Å². The largest absolute Gasteiger partial charge is 0.357 e. The molecule has 1 aromatic heterocycles. The van der Waals surface area contributed by atoms with Gasteiger partial charge in [0, 0.05) is 36.2 Å². The summed E-state index contributed by atoms with van der Waals surface area (Å²) in [4.78, 5) is 11.4. The maximum atomic E-state index is 12.5. The van der Waals surface area contributed by atoms with E-state index in [9.17, 15) is 8.42 Å². The summed E-state index contributed by atoms with van der Waals surface area (Å²) >= 11 is 0. The van der Waals surface area contributed by atoms with E-state index < -0.39 is 10.0 Å². The van der Waals surface area contributed by atoms with Gasteiger partial charge >= 0.3 is 0 Å². The van der Waals surface area contributed by atoms with Crippen molar-refractivity contribution >= 4 is 33.2 Å². The molecule has 0 bridgehead atoms. The number of hydrogen-bond donors (Lipinski definition) is 2. The normalized spacial score (nSPS) is 11.2. The first-order valence-electron chi connectivity index (χ1n) is 9.88. The van der Waals surface area contributed by atoms with Crippen LogP contribution in [0.15, 0.2) is 59.5 Å². The summed E-state index contributed by atoms with van der Waals surface area (Å²) in [5.74, 6) is 1.38. The average Bonchev–Trinajstić information content (AvgIpc) is 2.70. The van der Waals surface area contributed by atoms with E-state index in [0.717, 1.165) is 35.9 Å². The fourth-order valence-electron chi connectivity index (χ4n) is 3.00. The molecule has 0 unspecified atom stereocenters. The van der Waals surface area contributed by atoms with Crippen LogP contribution in [0.25, 0.3) is 0 Å². The molecule has 3 rings (SSSR count). The van der Waals surface area contributed by atoms with E-state index in [1.165, 1.54) is 0 Å². The molecular formula is C22H27N5O2S. The van der Waals surface area contributed by atoms with Crippen molar-refractivity contribution in [1.82, 2.24) is 9.97 Å². The van der Waals surface area contributed by atoms with Crippen LogP contribution in [0.3, 0.4) is 0 Å². The molecule has 0 aliphatic rings. The van der Waals surface area contributed by atoms with Crippen LogP contribution in [0.1, 0.15) is 25.1 Å². The lowest BCUT2D eigenvalue weighted by Crippen LogP contribution is -2.23. The van der Waals surface area contributed by atoms with Crippen LogP contribution in [0.4, 0.5) is 23.1 Å². The number of aromatic nitrogens is 2. The predicted octanol–water partition coefficient (Wildman–Crippen LogP) is 4.48. The molecule has 30 heavy (non-hydrogen) atoms. The van der Waals surface area contributed by atoms with Gasteiger partial charge in [-0.3, -0.25) is 4.72 Å². The second-order valence-corrected chi connectivity index (χ2v) is 8.67. The van der Waals surface area contributed by atoms with Crippen molar-refractivity contribution in [2.75, 3.05) is 28.0 Å². The average molecular weight is 426 g/mol. The van der Waals surface area contributed by atoms with Crippen molar-refractivity contribution in [2.45, 2.75) is 32.6 Å². The van der Waals surface area contributed by atoms with E-state index in [1.54, 1.807) is 48.5 Å². The van der Waals surface area contributed by atoms with E-state index >= 15 is 0 Å². The first-order valence-corrected chi connectivity index (χ1v) is 11.4. The van der Waals surface area contributed by atoms with Crippen molar-refractivity contribution in [3.05, 3.63) is 65.9 Å². The summed E-state index contributed by atoms with van der Waals surface area (Å²) in [7, 11) is -3.63. The Balaban J connectivity index is 1.74. The molecule has 0 aliphatic heterocycles. The van der Waals surface area contributed by atoms with Gasteiger partial charge in [0.15, 0.2) is 0 Å². The van der Waals surface area contributed by atoms with E-state index in [0.29, 0.717) is 11.6 Å². The Labute approximate surface area is 178 Å². The standard InChI is InChI=1S/C22H27N5O2S/c1-5-27(6-2)21-15-17(4)23-22(25-21)24-18-9-11-19(12-10-18)26-30(28,29)20-13-7-16(3)8-14-20/h7-15,26H,5-6H2,1-4H3,(H,23,24,25). The summed E-state index contributed by atoms with van der Waals surface area (Å²) in [6, 6.07) is 15.7. The highest BCUT2D eigenvalue weighted by molar-refractivity contribution is 7.92. The summed E-state index contributed by atoms with van der Waals surface area (Å²) < 4.78 is 27.7. The molecule has 0 atom stereocenters. The fourth-order valence-corrected chi connectivity index (χ4v) is 4.06. The Bertz CT molecular complexity index is 1090. The van der Waals surface area contributed by atoms with Crippen molar-refractivity contribution in [3.8, 4) is 0 Å². The van der Waals surface area contributed by atoms with Gasteiger partial charge < -0.3 is 10.2 Å². The van der Waals surface area contributed by atoms with Gasteiger partial charge in [-0.15, -0.1) is 0 Å². The molecule has 2 N–H and O–H groups in total. The van der Waals surface area contributed by atoms with Crippen molar-refractivity contribution in [2.24, 2.45) is 0 Å². The molecule has 7 nitrogen and oxygen atoms in total. The number of nitrogens with one attached hydrogen (secondary N) is 2. The van der Waals surface area contributed by atoms with Crippen LogP contribution in [0.2, 0.25) is 0 Å². The smallest absolute Gasteiger partial charge is 0.261 e. The molecule has 0 aliphatic carbocycles. The van der Waals surface area contributed by atoms with Crippen LogP contribution >= 0.6 is 0 Å². The summed E-state index contributed by atoms with van der Waals surface area (Å²) in [5.41, 5.74) is 3.13. The fraction of sp³-hybridized carbons (Fsp3) is 0.273. The molecule has 0 saturated carbocycles. The lowest BCUT2D eigenvalue weighted by molar-refractivity contribution is 0.601. The number of rotatable bonds is 8. The second kappa shape index (κ2) is 9.13. The summed E-state index contributed by atoms with van der Waals surface area (Å²) in [6.45, 7) is 9.75. The van der Waals surface area contributed by atoms with Gasteiger partial charge in [-0.1, -0.05) is 17.7 Å². The Morgan fingerprint density at radius 2 is 1.47 bits per heavy atom. The first-order chi connectivity index (χ1) is 14.3. The molecular weight excluding hydrogens is 398 g/mol. The number of sulfonamides is 1. The highest BCUT2D eigenvalue weighted by atomic mass is 32.2. The number of hydrogen-bond acceptors (Lipinski definition) is 6. The second-order valence-electron chi connectivity index (χ2n) is 6.98. The monoisotopic (exact) mass is 425 g/mol. The molecule has 0 spiro atoms. The van der Waals surface area contributed by atoms with Crippen LogP contribution in [0, 0.1) is 13.8 Å². The Hall–Kier alpha value is -3.13. The third-order valence-electron chi connectivity index (χ3n) is 4.65. The van der Waals surface area contributed by atoms with Gasteiger partial charge in [0.25, 0.3) is 10.0 Å². The van der Waals surface area contributed by atoms with E-state index in [4.69, 9.17) is 0 Å². The highest BCUT2D eigenvalue weighted by Gasteiger charge is 2.14. The molecule has 8 heteroatoms. The molecule has 0 amide bonds. The Morgan fingerprint density at radius 1 is 0.867 bits per heavy atom. The number of aryl methyl sites for hydroxylation is 2. The zero-order valence-corrected chi connectivity index (χ0v) is 18.5. The minimum Gasteiger partial charge on any atom is -0.357 e. The van der Waals surface area contributed by atoms with Crippen LogP contribution < -0.4 is 14.9 Å². The molecule has 1 heterocycles. The van der Waals surface area contributed by atoms with Gasteiger partial charge in [0.05, 0.1) is 4.90 Å². The topological polar surface area (TPSA) is 87.2 Å². The highest BCUT2D eigenvalue weighted by Crippen LogP contribution is 2.22. The zero-order valence-electron chi connectivity index (χ0n) is 17.7. The van der Waals surface area contributed by atoms with Gasteiger partial charge in [-0.2, -0.15) is 4.98 Å². The SMILES string of the molecule is CCN(CC)c1cc(C)nc(Nc2ccc(NS(=O)(=O)c3ccc(C)cc3)cc2)n1. The Morgan fingerprint density at radius 3 is 2.07 bits per heavy atom. The van der Waals surface area contributed by atoms with Crippen LogP contribution in [0.5, 0.6) is 0 Å². The first kappa shape index (κ1) is 21.6. The van der Waals surface area contributed by atoms with Gasteiger partial charge in [-0.05, 0) is 64.1 Å². The van der Waals surface area contributed by atoms with E-state index in [1.807, 2.05) is 19.9 Å². The Kier molecular flexibility index (Phi) is 6.56. The number of benzene rings is 2. The third-order valence-corrected chi connectivity index (χ3v) is 6.05.